The van der Waals surface area contributed by atoms with Crippen molar-refractivity contribution in [3.05, 3.63) is 106 Å². The van der Waals surface area contributed by atoms with Gasteiger partial charge in [-0.15, -0.1) is 10.2 Å². The quantitative estimate of drug-likeness (QED) is 0.386. The Kier molecular flexibility index (Phi) is 6.04. The Balaban J connectivity index is 1.65. The molecule has 3 N–H and O–H groups in total. The molecule has 0 fully saturated rings. The number of anilines is 2. The van der Waals surface area contributed by atoms with Crippen LogP contribution in [0.5, 0.6) is 0 Å². The van der Waals surface area contributed by atoms with E-state index in [0.717, 1.165) is 16.8 Å². The summed E-state index contributed by atoms with van der Waals surface area (Å²) < 4.78 is 14.0. The van der Waals surface area contributed by atoms with E-state index in [1.165, 1.54) is 6.07 Å². The summed E-state index contributed by atoms with van der Waals surface area (Å²) in [6.07, 6.45) is 0.385. The maximum Gasteiger partial charge on any atom is 0.249 e. The molecule has 0 aliphatic carbocycles. The van der Waals surface area contributed by atoms with Gasteiger partial charge in [-0.05, 0) is 63.5 Å². The van der Waals surface area contributed by atoms with Crippen LogP contribution in [0.2, 0.25) is 0 Å². The van der Waals surface area contributed by atoms with E-state index in [-0.39, 0.29) is 5.82 Å². The van der Waals surface area contributed by atoms with Crippen LogP contribution in [0.4, 0.5) is 15.9 Å². The van der Waals surface area contributed by atoms with Gasteiger partial charge in [0.2, 0.25) is 5.91 Å². The van der Waals surface area contributed by atoms with Crippen molar-refractivity contribution in [1.82, 2.24) is 10.2 Å². The van der Waals surface area contributed by atoms with E-state index in [9.17, 15) is 9.18 Å². The number of carbonyl (C=O) groups is 1. The molecule has 0 atom stereocenters. The third kappa shape index (κ3) is 4.78. The molecule has 0 saturated carbocycles. The van der Waals surface area contributed by atoms with Gasteiger partial charge in [-0.1, -0.05) is 42.5 Å². The molecule has 0 aliphatic heterocycles. The predicted octanol–water partition coefficient (Wildman–Crippen LogP) is 5.48. The van der Waals surface area contributed by atoms with Crippen molar-refractivity contribution in [2.45, 2.75) is 6.42 Å². The SMILES string of the molecule is NC(=O)c1cccc(Nc2ccc(-c3ccccc3)nn2)c1Cc1ccc(F)c(Br)c1. The number of rotatable bonds is 6. The number of hydrogen-bond acceptors (Lipinski definition) is 4. The Morgan fingerprint density at radius 3 is 2.45 bits per heavy atom. The van der Waals surface area contributed by atoms with Crippen LogP contribution in [0.25, 0.3) is 11.3 Å². The fourth-order valence-electron chi connectivity index (χ4n) is 3.28. The second-order valence-electron chi connectivity index (χ2n) is 6.92. The van der Waals surface area contributed by atoms with Crippen molar-refractivity contribution in [2.24, 2.45) is 5.73 Å². The van der Waals surface area contributed by atoms with Crippen LogP contribution in [0, 0.1) is 5.82 Å². The summed E-state index contributed by atoms with van der Waals surface area (Å²) in [6, 6.07) is 23.5. The van der Waals surface area contributed by atoms with Gasteiger partial charge >= 0.3 is 0 Å². The second-order valence-corrected chi connectivity index (χ2v) is 7.77. The third-order valence-electron chi connectivity index (χ3n) is 4.80. The first-order valence-corrected chi connectivity index (χ1v) is 10.3. The molecule has 1 amide bonds. The topological polar surface area (TPSA) is 80.9 Å². The van der Waals surface area contributed by atoms with Gasteiger partial charge < -0.3 is 11.1 Å². The molecule has 4 rings (SSSR count). The molecule has 0 spiro atoms. The Morgan fingerprint density at radius 1 is 0.968 bits per heavy atom. The standard InChI is InChI=1S/C24H18BrFN4O/c25-19-14-15(9-10-20(19)26)13-18-17(24(27)31)7-4-8-22(18)28-23-12-11-21(29-30-23)16-5-2-1-3-6-16/h1-12,14H,13H2,(H2,27,31)(H,28,30). The van der Waals surface area contributed by atoms with E-state index in [1.807, 2.05) is 48.5 Å². The number of carbonyl (C=O) groups excluding carboxylic acids is 1. The summed E-state index contributed by atoms with van der Waals surface area (Å²) in [4.78, 5) is 12.0. The fourth-order valence-corrected chi connectivity index (χ4v) is 3.70. The first kappa shape index (κ1) is 20.7. The number of halogens is 2. The minimum Gasteiger partial charge on any atom is -0.366 e. The highest BCUT2D eigenvalue weighted by molar-refractivity contribution is 9.10. The van der Waals surface area contributed by atoms with Crippen molar-refractivity contribution in [3.8, 4) is 11.3 Å². The van der Waals surface area contributed by atoms with Gasteiger partial charge in [0.15, 0.2) is 5.82 Å². The van der Waals surface area contributed by atoms with Gasteiger partial charge in [0.05, 0.1) is 10.2 Å². The van der Waals surface area contributed by atoms with Crippen LogP contribution < -0.4 is 11.1 Å². The van der Waals surface area contributed by atoms with E-state index in [4.69, 9.17) is 5.73 Å². The van der Waals surface area contributed by atoms with Crippen molar-refractivity contribution in [2.75, 3.05) is 5.32 Å². The lowest BCUT2D eigenvalue weighted by molar-refractivity contribution is 0.0999. The average molecular weight is 477 g/mol. The van der Waals surface area contributed by atoms with Gasteiger partial charge in [0.25, 0.3) is 0 Å². The van der Waals surface area contributed by atoms with Crippen molar-refractivity contribution in [1.29, 1.82) is 0 Å². The van der Waals surface area contributed by atoms with E-state index >= 15 is 0 Å². The zero-order chi connectivity index (χ0) is 21.8. The van der Waals surface area contributed by atoms with Crippen molar-refractivity contribution in [3.63, 3.8) is 0 Å². The Bertz CT molecular complexity index is 1230. The van der Waals surface area contributed by atoms with Gasteiger partial charge in [0, 0.05) is 23.2 Å². The van der Waals surface area contributed by atoms with Crippen LogP contribution in [0.1, 0.15) is 21.5 Å². The van der Waals surface area contributed by atoms with E-state index in [2.05, 4.69) is 31.4 Å². The Labute approximate surface area is 187 Å². The second kappa shape index (κ2) is 9.06. The molecule has 1 heterocycles. The molecule has 5 nitrogen and oxygen atoms in total. The lowest BCUT2D eigenvalue weighted by atomic mass is 9.97. The van der Waals surface area contributed by atoms with Crippen LogP contribution in [0.3, 0.4) is 0 Å². The van der Waals surface area contributed by atoms with E-state index in [1.54, 1.807) is 24.3 Å². The molecule has 1 aromatic heterocycles. The Morgan fingerprint density at radius 2 is 1.77 bits per heavy atom. The molecule has 7 heteroatoms. The first-order valence-electron chi connectivity index (χ1n) is 9.53. The zero-order valence-electron chi connectivity index (χ0n) is 16.3. The number of hydrogen-bond donors (Lipinski definition) is 2. The molecular weight excluding hydrogens is 459 g/mol. The lowest BCUT2D eigenvalue weighted by Crippen LogP contribution is -2.15. The molecule has 0 bridgehead atoms. The smallest absolute Gasteiger partial charge is 0.249 e. The van der Waals surface area contributed by atoms with Crippen LogP contribution in [0.15, 0.2) is 83.3 Å². The Hall–Kier alpha value is -3.58. The predicted molar refractivity (Wildman–Crippen MR) is 123 cm³/mol. The molecular formula is C24H18BrFN4O. The highest BCUT2D eigenvalue weighted by atomic mass is 79.9. The first-order chi connectivity index (χ1) is 15.0. The maximum atomic E-state index is 13.6. The monoisotopic (exact) mass is 476 g/mol. The number of amides is 1. The minimum atomic E-state index is -0.537. The maximum absolute atomic E-state index is 13.6. The molecule has 0 aliphatic rings. The lowest BCUT2D eigenvalue weighted by Gasteiger charge is -2.15. The number of primary amides is 1. The average Bonchev–Trinajstić information content (AvgIpc) is 2.78. The summed E-state index contributed by atoms with van der Waals surface area (Å²) >= 11 is 3.20. The van der Waals surface area contributed by atoms with E-state index < -0.39 is 5.91 Å². The number of nitrogens with two attached hydrogens (primary N) is 1. The zero-order valence-corrected chi connectivity index (χ0v) is 17.9. The highest BCUT2D eigenvalue weighted by Gasteiger charge is 2.15. The third-order valence-corrected chi connectivity index (χ3v) is 5.41. The molecule has 31 heavy (non-hydrogen) atoms. The normalized spacial score (nSPS) is 10.6. The molecule has 4 aromatic rings. The van der Waals surface area contributed by atoms with Crippen LogP contribution >= 0.6 is 15.9 Å². The molecule has 0 radical (unpaired) electrons. The summed E-state index contributed by atoms with van der Waals surface area (Å²) in [7, 11) is 0. The number of aromatic nitrogens is 2. The summed E-state index contributed by atoms with van der Waals surface area (Å²) in [6.45, 7) is 0. The summed E-state index contributed by atoms with van der Waals surface area (Å²) in [5, 5.41) is 11.8. The summed E-state index contributed by atoms with van der Waals surface area (Å²) in [5.74, 6) is -0.354. The molecule has 154 valence electrons. The highest BCUT2D eigenvalue weighted by Crippen LogP contribution is 2.28. The van der Waals surface area contributed by atoms with Crippen LogP contribution in [-0.4, -0.2) is 16.1 Å². The van der Waals surface area contributed by atoms with Gasteiger partial charge in [-0.3, -0.25) is 4.79 Å². The van der Waals surface area contributed by atoms with Gasteiger partial charge in [-0.2, -0.15) is 0 Å². The van der Waals surface area contributed by atoms with Crippen LogP contribution in [-0.2, 0) is 6.42 Å². The minimum absolute atomic E-state index is 0.348. The number of nitrogens with one attached hydrogen (secondary N) is 1. The number of nitrogens with zero attached hydrogens (tertiary/aromatic N) is 2. The van der Waals surface area contributed by atoms with E-state index in [0.29, 0.717) is 33.5 Å². The number of benzene rings is 3. The van der Waals surface area contributed by atoms with Crippen molar-refractivity contribution >= 4 is 33.3 Å². The molecule has 3 aromatic carbocycles. The molecule has 0 saturated heterocycles. The molecule has 0 unspecified atom stereocenters. The summed E-state index contributed by atoms with van der Waals surface area (Å²) in [5.41, 5.74) is 9.93. The van der Waals surface area contributed by atoms with Gasteiger partial charge in [-0.25, -0.2) is 4.39 Å². The largest absolute Gasteiger partial charge is 0.366 e. The van der Waals surface area contributed by atoms with Gasteiger partial charge in [0.1, 0.15) is 5.82 Å². The van der Waals surface area contributed by atoms with Crippen molar-refractivity contribution < 1.29 is 9.18 Å². The fraction of sp³-hybridized carbons (Fsp3) is 0.0417.